The van der Waals surface area contributed by atoms with Crippen molar-refractivity contribution >= 4 is 29.1 Å². The van der Waals surface area contributed by atoms with E-state index in [1.54, 1.807) is 42.5 Å². The predicted octanol–water partition coefficient (Wildman–Crippen LogP) is 6.86. The molecule has 5 rings (SSSR count). The molecule has 43 heavy (non-hydrogen) atoms. The van der Waals surface area contributed by atoms with Gasteiger partial charge in [0.1, 0.15) is 5.75 Å². The van der Waals surface area contributed by atoms with Crippen molar-refractivity contribution in [2.45, 2.75) is 31.0 Å². The van der Waals surface area contributed by atoms with Crippen LogP contribution in [0.4, 0.5) is 5.69 Å². The Hall–Kier alpha value is -4.82. The van der Waals surface area contributed by atoms with Crippen LogP contribution in [0.1, 0.15) is 34.8 Å². The fourth-order valence-electron chi connectivity index (χ4n) is 4.99. The van der Waals surface area contributed by atoms with Crippen LogP contribution in [-0.4, -0.2) is 35.7 Å². The third kappa shape index (κ3) is 6.81. The number of hydrogen-bond acceptors (Lipinski definition) is 6. The zero-order chi connectivity index (χ0) is 30.1. The van der Waals surface area contributed by atoms with E-state index >= 15 is 0 Å². The highest BCUT2D eigenvalue weighted by atomic mass is 35.5. The van der Waals surface area contributed by atoms with Gasteiger partial charge in [0.05, 0.1) is 6.61 Å². The highest BCUT2D eigenvalue weighted by Crippen LogP contribution is 2.45. The summed E-state index contributed by atoms with van der Waals surface area (Å²) in [6.45, 7) is 0.616. The lowest BCUT2D eigenvalue weighted by Crippen LogP contribution is -2.49. The van der Waals surface area contributed by atoms with E-state index in [1.165, 1.54) is 0 Å². The fourth-order valence-corrected chi connectivity index (χ4v) is 5.19. The Morgan fingerprint density at radius 2 is 1.74 bits per heavy atom. The van der Waals surface area contributed by atoms with Crippen molar-refractivity contribution in [2.75, 3.05) is 13.2 Å². The summed E-state index contributed by atoms with van der Waals surface area (Å²) >= 11 is 6.40. The molecule has 1 aliphatic heterocycles. The molecule has 2 N–H and O–H groups in total. The number of carbonyl (C=O) groups is 1. The largest absolute Gasteiger partial charge is 0.494 e. The minimum Gasteiger partial charge on any atom is -0.494 e. The van der Waals surface area contributed by atoms with E-state index in [4.69, 9.17) is 31.2 Å². The van der Waals surface area contributed by atoms with E-state index < -0.39 is 11.6 Å². The summed E-state index contributed by atoms with van der Waals surface area (Å²) in [6, 6.07) is 31.1. The Bertz CT molecular complexity index is 1640. The number of rotatable bonds is 12. The molecule has 0 spiro atoms. The number of hydrogen-bond donors (Lipinski definition) is 2. The van der Waals surface area contributed by atoms with Crippen LogP contribution >= 0.6 is 11.6 Å². The van der Waals surface area contributed by atoms with E-state index in [1.807, 2.05) is 60.7 Å². The minimum absolute atomic E-state index is 0.0451. The van der Waals surface area contributed by atoms with Crippen molar-refractivity contribution in [1.29, 1.82) is 0 Å². The molecule has 0 radical (unpaired) electrons. The van der Waals surface area contributed by atoms with Gasteiger partial charge in [-0.2, -0.15) is 0 Å². The number of aliphatic hydroxyl groups is 1. The molecule has 0 fully saturated rings. The number of amides is 1. The van der Waals surface area contributed by atoms with Crippen molar-refractivity contribution in [3.8, 4) is 5.75 Å². The molecular formula is C33H30ClN5O4. The molecule has 1 amide bonds. The van der Waals surface area contributed by atoms with Crippen LogP contribution < -0.4 is 10.1 Å². The summed E-state index contributed by atoms with van der Waals surface area (Å²) < 4.78 is 12.2. The predicted molar refractivity (Wildman–Crippen MR) is 165 cm³/mol. The first kappa shape index (κ1) is 29.7. The first-order chi connectivity index (χ1) is 21.0. The van der Waals surface area contributed by atoms with Crippen LogP contribution in [0.5, 0.6) is 5.75 Å². The summed E-state index contributed by atoms with van der Waals surface area (Å²) in [5.41, 5.74) is 11.0. The van der Waals surface area contributed by atoms with Crippen molar-refractivity contribution in [1.82, 2.24) is 5.32 Å². The minimum atomic E-state index is -1.46. The lowest BCUT2D eigenvalue weighted by Gasteiger charge is -2.31. The summed E-state index contributed by atoms with van der Waals surface area (Å²) in [7, 11) is 0. The molecule has 1 aliphatic rings. The summed E-state index contributed by atoms with van der Waals surface area (Å²) in [4.78, 5) is 22.4. The second-order valence-corrected chi connectivity index (χ2v) is 10.4. The summed E-state index contributed by atoms with van der Waals surface area (Å²) in [5, 5.41) is 16.5. The molecule has 4 aromatic carbocycles. The lowest BCUT2D eigenvalue weighted by atomic mass is 9.81. The third-order valence-corrected chi connectivity index (χ3v) is 7.48. The van der Waals surface area contributed by atoms with E-state index in [0.717, 1.165) is 11.1 Å². The zero-order valence-electron chi connectivity index (χ0n) is 23.3. The van der Waals surface area contributed by atoms with Crippen LogP contribution in [0.25, 0.3) is 10.4 Å². The number of ether oxygens (including phenoxy) is 2. The molecular weight excluding hydrogens is 566 g/mol. The maximum Gasteiger partial charge on any atom is 0.252 e. The fraction of sp³-hybridized carbons (Fsp3) is 0.212. The number of nitrogens with zero attached hydrogens (tertiary/aromatic N) is 4. The lowest BCUT2D eigenvalue weighted by molar-refractivity contribution is -0.129. The van der Waals surface area contributed by atoms with E-state index in [9.17, 15) is 10.3 Å². The Morgan fingerprint density at radius 3 is 2.49 bits per heavy atom. The summed E-state index contributed by atoms with van der Waals surface area (Å²) in [5.74, 6) is 0.538. The third-order valence-electron chi connectivity index (χ3n) is 7.12. The van der Waals surface area contributed by atoms with Crippen molar-refractivity contribution in [3.63, 3.8) is 0 Å². The van der Waals surface area contributed by atoms with E-state index in [-0.39, 0.29) is 31.4 Å². The number of nitrogens with one attached hydrogen (secondary N) is 1. The summed E-state index contributed by atoms with van der Waals surface area (Å²) in [6.07, 6.45) is -0.186. The highest BCUT2D eigenvalue weighted by Gasteiger charge is 2.53. The van der Waals surface area contributed by atoms with Crippen LogP contribution in [0.3, 0.4) is 0 Å². The Labute approximate surface area is 254 Å². The molecule has 4 aromatic rings. The molecule has 0 unspecified atom stereocenters. The second kappa shape index (κ2) is 13.9. The molecule has 0 bridgehead atoms. The Kier molecular flexibility index (Phi) is 9.59. The maximum atomic E-state index is 14.4. The Morgan fingerprint density at radius 1 is 1.02 bits per heavy atom. The average molecular weight is 596 g/mol. The van der Waals surface area contributed by atoms with Gasteiger partial charge in [0.2, 0.25) is 5.90 Å². The van der Waals surface area contributed by atoms with E-state index in [2.05, 4.69) is 15.3 Å². The number of benzene rings is 4. The molecule has 1 heterocycles. The second-order valence-electron chi connectivity index (χ2n) is 9.97. The quantitative estimate of drug-likeness (QED) is 0.0802. The van der Waals surface area contributed by atoms with Gasteiger partial charge in [0, 0.05) is 52.7 Å². The maximum absolute atomic E-state index is 14.4. The van der Waals surface area contributed by atoms with Gasteiger partial charge in [0.25, 0.3) is 5.91 Å². The number of carbonyl (C=O) groups excluding carboxylic acids is 1. The number of aliphatic hydroxyl groups excluding tert-OH is 1. The smallest absolute Gasteiger partial charge is 0.252 e. The Balaban J connectivity index is 1.59. The highest BCUT2D eigenvalue weighted by molar-refractivity contribution is 6.31. The van der Waals surface area contributed by atoms with Gasteiger partial charge in [-0.3, -0.25) is 4.79 Å². The normalized spacial score (nSPS) is 17.3. The van der Waals surface area contributed by atoms with Gasteiger partial charge < -0.3 is 19.9 Å². The van der Waals surface area contributed by atoms with Gasteiger partial charge in [-0.05, 0) is 47.0 Å². The zero-order valence-corrected chi connectivity index (χ0v) is 24.0. The first-order valence-electron chi connectivity index (χ1n) is 13.8. The van der Waals surface area contributed by atoms with Crippen molar-refractivity contribution < 1.29 is 19.4 Å². The van der Waals surface area contributed by atoms with Crippen LogP contribution in [-0.2, 0) is 22.5 Å². The molecule has 0 aromatic heterocycles. The average Bonchev–Trinajstić information content (AvgIpc) is 3.42. The number of halogens is 1. The van der Waals surface area contributed by atoms with Crippen molar-refractivity contribution in [3.05, 3.63) is 141 Å². The van der Waals surface area contributed by atoms with Gasteiger partial charge in [-0.25, -0.2) is 4.99 Å². The molecule has 218 valence electrons. The molecule has 0 aliphatic carbocycles. The number of azide groups is 1. The molecule has 10 heteroatoms. The van der Waals surface area contributed by atoms with Gasteiger partial charge in [-0.15, -0.1) is 0 Å². The van der Waals surface area contributed by atoms with Crippen LogP contribution in [0, 0.1) is 0 Å². The number of aliphatic imine (C=N–C) groups is 1. The monoisotopic (exact) mass is 595 g/mol. The van der Waals surface area contributed by atoms with Crippen LogP contribution in [0.2, 0.25) is 5.02 Å². The van der Waals surface area contributed by atoms with Gasteiger partial charge in [-0.1, -0.05) is 89.5 Å². The van der Waals surface area contributed by atoms with Crippen LogP contribution in [0.15, 0.2) is 113 Å². The first-order valence-corrected chi connectivity index (χ1v) is 14.2. The standard InChI is InChI=1S/C33H30ClN5O4/c34-28-13-6-4-11-25(28)22-36-32(41)33(21-23-9-2-1-3-10-23)30(27-12-5-7-14-29(27)38-39-35)43-31(37-33)24-15-17-26(18-16-24)42-20-8-19-40/h1-7,9-18,30,40H,8,19-22H2,(H,36,41)/t30-,33-/m1/s1. The SMILES string of the molecule is [N-]=[N+]=Nc1ccccc1[C@H]1OC(c2ccc(OCCCO)cc2)=N[C@@]1(Cc1ccccc1)C(=O)NCc1ccccc1Cl. The molecule has 0 saturated carbocycles. The molecule has 2 atom stereocenters. The van der Waals surface area contributed by atoms with Gasteiger partial charge in [0.15, 0.2) is 11.6 Å². The van der Waals surface area contributed by atoms with Gasteiger partial charge >= 0.3 is 0 Å². The van der Waals surface area contributed by atoms with E-state index in [0.29, 0.717) is 40.6 Å². The molecule has 9 nitrogen and oxygen atoms in total. The molecule has 0 saturated heterocycles. The topological polar surface area (TPSA) is 129 Å². The van der Waals surface area contributed by atoms with Crippen molar-refractivity contribution in [2.24, 2.45) is 10.1 Å².